The number of β-amino-alcohol motifs (C(OH)–C–C–N with tert-alkyl or cyclic N) is 1. The Kier molecular flexibility index (Phi) is 3.98. The molecule has 0 aromatic carbocycles. The molecule has 1 saturated heterocycles. The summed E-state index contributed by atoms with van der Waals surface area (Å²) in [5.74, 6) is 0. The van der Waals surface area contributed by atoms with Crippen LogP contribution in [0.25, 0.3) is 0 Å². The number of hydrogen-bond acceptors (Lipinski definition) is 3. The maximum absolute atomic E-state index is 9.37. The monoisotopic (exact) mass is 173 g/mol. The second-order valence-corrected chi connectivity index (χ2v) is 3.59. The summed E-state index contributed by atoms with van der Waals surface area (Å²) in [6.07, 6.45) is 2.23. The van der Waals surface area contributed by atoms with Gasteiger partial charge in [-0.25, -0.2) is 0 Å². The Morgan fingerprint density at radius 2 is 2.00 bits per heavy atom. The normalized spacial score (nSPS) is 24.2. The Morgan fingerprint density at radius 3 is 2.50 bits per heavy atom. The molecule has 0 aromatic rings. The predicted molar refractivity (Wildman–Crippen MR) is 48.0 cm³/mol. The molecule has 1 aliphatic heterocycles. The lowest BCUT2D eigenvalue weighted by Crippen LogP contribution is -2.40. The van der Waals surface area contributed by atoms with Gasteiger partial charge in [0, 0.05) is 19.6 Å². The first-order valence-electron chi connectivity index (χ1n) is 4.81. The van der Waals surface area contributed by atoms with E-state index in [2.05, 4.69) is 4.90 Å². The highest BCUT2D eigenvalue weighted by molar-refractivity contribution is 4.72. The first kappa shape index (κ1) is 9.96. The van der Waals surface area contributed by atoms with E-state index in [4.69, 9.17) is 0 Å². The molecule has 3 heteroatoms. The van der Waals surface area contributed by atoms with Gasteiger partial charge >= 0.3 is 0 Å². The third-order valence-corrected chi connectivity index (χ3v) is 2.50. The van der Waals surface area contributed by atoms with Crippen molar-refractivity contribution < 1.29 is 10.2 Å². The van der Waals surface area contributed by atoms with Crippen LogP contribution in [0.4, 0.5) is 0 Å². The maximum atomic E-state index is 9.37. The van der Waals surface area contributed by atoms with Crippen LogP contribution in [-0.4, -0.2) is 47.0 Å². The molecule has 3 nitrogen and oxygen atoms in total. The van der Waals surface area contributed by atoms with Gasteiger partial charge in [0.15, 0.2) is 0 Å². The SMILES string of the molecule is CCC(O)CN1CCC(O)CC1. The summed E-state index contributed by atoms with van der Waals surface area (Å²) in [5.41, 5.74) is 0. The van der Waals surface area contributed by atoms with Crippen LogP contribution >= 0.6 is 0 Å². The van der Waals surface area contributed by atoms with Gasteiger partial charge in [-0.05, 0) is 19.3 Å². The van der Waals surface area contributed by atoms with Gasteiger partial charge in [0.05, 0.1) is 12.2 Å². The number of likely N-dealkylation sites (tertiary alicyclic amines) is 1. The third kappa shape index (κ3) is 3.09. The van der Waals surface area contributed by atoms with Crippen LogP contribution < -0.4 is 0 Å². The molecule has 0 aliphatic carbocycles. The summed E-state index contributed by atoms with van der Waals surface area (Å²) < 4.78 is 0. The van der Waals surface area contributed by atoms with Crippen LogP contribution in [0.15, 0.2) is 0 Å². The molecule has 0 aromatic heterocycles. The summed E-state index contributed by atoms with van der Waals surface area (Å²) in [4.78, 5) is 2.22. The Bertz CT molecular complexity index is 122. The van der Waals surface area contributed by atoms with Crippen molar-refractivity contribution >= 4 is 0 Å². The largest absolute Gasteiger partial charge is 0.393 e. The molecule has 1 atom stereocenters. The van der Waals surface area contributed by atoms with Crippen molar-refractivity contribution in [3.63, 3.8) is 0 Å². The number of rotatable bonds is 3. The van der Waals surface area contributed by atoms with E-state index in [-0.39, 0.29) is 12.2 Å². The molecule has 72 valence electrons. The van der Waals surface area contributed by atoms with E-state index >= 15 is 0 Å². The number of hydrogen-bond donors (Lipinski definition) is 2. The summed E-state index contributed by atoms with van der Waals surface area (Å²) >= 11 is 0. The lowest BCUT2D eigenvalue weighted by Gasteiger charge is -2.30. The van der Waals surface area contributed by atoms with Gasteiger partial charge in [0.1, 0.15) is 0 Å². The number of aliphatic hydroxyl groups is 2. The van der Waals surface area contributed by atoms with Crippen LogP contribution in [0.3, 0.4) is 0 Å². The molecule has 2 N–H and O–H groups in total. The van der Waals surface area contributed by atoms with Gasteiger partial charge in [-0.15, -0.1) is 0 Å². The lowest BCUT2D eigenvalue weighted by molar-refractivity contribution is 0.0500. The molecule has 1 aliphatic rings. The van der Waals surface area contributed by atoms with Crippen molar-refractivity contribution in [3.05, 3.63) is 0 Å². The average molecular weight is 173 g/mol. The van der Waals surface area contributed by atoms with Crippen molar-refractivity contribution in [2.75, 3.05) is 19.6 Å². The van der Waals surface area contributed by atoms with Crippen LogP contribution in [0.1, 0.15) is 26.2 Å². The van der Waals surface area contributed by atoms with Crippen molar-refractivity contribution in [1.82, 2.24) is 4.90 Å². The first-order valence-corrected chi connectivity index (χ1v) is 4.81. The topological polar surface area (TPSA) is 43.7 Å². The van der Waals surface area contributed by atoms with E-state index in [1.165, 1.54) is 0 Å². The van der Waals surface area contributed by atoms with Gasteiger partial charge in [-0.1, -0.05) is 6.92 Å². The van der Waals surface area contributed by atoms with Crippen molar-refractivity contribution in [3.8, 4) is 0 Å². The molecule has 0 saturated carbocycles. The molecule has 1 rings (SSSR count). The van der Waals surface area contributed by atoms with E-state index in [0.29, 0.717) is 0 Å². The highest BCUT2D eigenvalue weighted by Crippen LogP contribution is 2.10. The molecule has 0 radical (unpaired) electrons. The minimum absolute atomic E-state index is 0.111. The Labute approximate surface area is 74.0 Å². The molecule has 0 amide bonds. The second-order valence-electron chi connectivity index (χ2n) is 3.59. The van der Waals surface area contributed by atoms with Gasteiger partial charge in [-0.3, -0.25) is 0 Å². The van der Waals surface area contributed by atoms with Crippen molar-refractivity contribution in [2.45, 2.75) is 38.4 Å². The van der Waals surface area contributed by atoms with E-state index in [9.17, 15) is 10.2 Å². The van der Waals surface area contributed by atoms with Crippen LogP contribution in [0.2, 0.25) is 0 Å². The predicted octanol–water partition coefficient (Wildman–Crippen LogP) is 0.214. The molecular formula is C9H19NO2. The van der Waals surface area contributed by atoms with Gasteiger partial charge < -0.3 is 15.1 Å². The summed E-state index contributed by atoms with van der Waals surface area (Å²) in [6, 6.07) is 0. The Balaban J connectivity index is 2.17. The van der Waals surface area contributed by atoms with Crippen LogP contribution in [0, 0.1) is 0 Å². The third-order valence-electron chi connectivity index (χ3n) is 2.50. The molecule has 1 fully saturated rings. The maximum Gasteiger partial charge on any atom is 0.0664 e. The van der Waals surface area contributed by atoms with Crippen LogP contribution in [-0.2, 0) is 0 Å². The fraction of sp³-hybridized carbons (Fsp3) is 1.00. The zero-order chi connectivity index (χ0) is 8.97. The first-order chi connectivity index (χ1) is 5.72. The molecule has 0 spiro atoms. The minimum Gasteiger partial charge on any atom is -0.393 e. The van der Waals surface area contributed by atoms with Gasteiger partial charge in [-0.2, -0.15) is 0 Å². The van der Waals surface area contributed by atoms with Crippen molar-refractivity contribution in [1.29, 1.82) is 0 Å². The lowest BCUT2D eigenvalue weighted by atomic mass is 10.1. The number of aliphatic hydroxyl groups excluding tert-OH is 2. The van der Waals surface area contributed by atoms with E-state index < -0.39 is 0 Å². The van der Waals surface area contributed by atoms with E-state index in [0.717, 1.165) is 38.9 Å². The molecule has 12 heavy (non-hydrogen) atoms. The molecule has 1 unspecified atom stereocenters. The molecule has 0 bridgehead atoms. The Hall–Kier alpha value is -0.120. The second kappa shape index (κ2) is 4.80. The van der Waals surface area contributed by atoms with E-state index in [1.807, 2.05) is 6.92 Å². The van der Waals surface area contributed by atoms with E-state index in [1.54, 1.807) is 0 Å². The Morgan fingerprint density at radius 1 is 1.42 bits per heavy atom. The molecule has 1 heterocycles. The summed E-state index contributed by atoms with van der Waals surface area (Å²) in [5, 5.41) is 18.6. The zero-order valence-electron chi connectivity index (χ0n) is 7.74. The van der Waals surface area contributed by atoms with Crippen molar-refractivity contribution in [2.24, 2.45) is 0 Å². The summed E-state index contributed by atoms with van der Waals surface area (Å²) in [7, 11) is 0. The van der Waals surface area contributed by atoms with Gasteiger partial charge in [0.2, 0.25) is 0 Å². The quantitative estimate of drug-likeness (QED) is 0.641. The number of nitrogens with zero attached hydrogens (tertiary/aromatic N) is 1. The smallest absolute Gasteiger partial charge is 0.0664 e. The fourth-order valence-electron chi connectivity index (χ4n) is 1.53. The average Bonchev–Trinajstić information content (AvgIpc) is 2.09. The fourth-order valence-corrected chi connectivity index (χ4v) is 1.53. The van der Waals surface area contributed by atoms with Gasteiger partial charge in [0.25, 0.3) is 0 Å². The van der Waals surface area contributed by atoms with Crippen LogP contribution in [0.5, 0.6) is 0 Å². The highest BCUT2D eigenvalue weighted by Gasteiger charge is 2.18. The zero-order valence-corrected chi connectivity index (χ0v) is 7.74. The standard InChI is InChI=1S/C9H19NO2/c1-2-8(11)7-10-5-3-9(12)4-6-10/h8-9,11-12H,2-7H2,1H3. The minimum atomic E-state index is -0.194. The molecular weight excluding hydrogens is 154 g/mol. The number of piperidine rings is 1. The highest BCUT2D eigenvalue weighted by atomic mass is 16.3. The summed E-state index contributed by atoms with van der Waals surface area (Å²) in [6.45, 7) is 4.61.